The van der Waals surface area contributed by atoms with Gasteiger partial charge in [0.2, 0.25) is 0 Å². The lowest BCUT2D eigenvalue weighted by Crippen LogP contribution is -2.17. The molecular formula is C3H8NO. The normalized spacial score (nSPS) is 15.0. The molecule has 0 saturated carbocycles. The highest BCUT2D eigenvalue weighted by Crippen LogP contribution is 1.63. The van der Waals surface area contributed by atoms with Crippen LogP contribution in [0.3, 0.4) is 0 Å². The van der Waals surface area contributed by atoms with Crippen molar-refractivity contribution in [2.75, 3.05) is 6.61 Å². The van der Waals surface area contributed by atoms with Gasteiger partial charge in [0, 0.05) is 6.04 Å². The third-order valence-corrected chi connectivity index (χ3v) is 0.263. The van der Waals surface area contributed by atoms with E-state index < -0.39 is 0 Å². The predicted molar refractivity (Wildman–Crippen MR) is 19.2 cm³/mol. The number of rotatable bonds is 1. The molecule has 1 atom stereocenters. The SMILES string of the molecule is CC(N)C[O]. The summed E-state index contributed by atoms with van der Waals surface area (Å²) in [6, 6.07) is -0.171. The number of hydrogen-bond donors (Lipinski definition) is 1. The molecule has 0 spiro atoms. The second-order valence-corrected chi connectivity index (χ2v) is 1.14. The lowest BCUT2D eigenvalue weighted by Gasteiger charge is -1.88. The van der Waals surface area contributed by atoms with Crippen LogP contribution in [-0.2, 0) is 5.11 Å². The van der Waals surface area contributed by atoms with Crippen LogP contribution in [-0.4, -0.2) is 12.6 Å². The highest BCUT2D eigenvalue weighted by atomic mass is 16.3. The van der Waals surface area contributed by atoms with Gasteiger partial charge in [0.25, 0.3) is 0 Å². The van der Waals surface area contributed by atoms with E-state index in [2.05, 4.69) is 0 Å². The summed E-state index contributed by atoms with van der Waals surface area (Å²) in [5, 5.41) is 9.50. The zero-order chi connectivity index (χ0) is 4.28. The van der Waals surface area contributed by atoms with Crippen LogP contribution in [0.4, 0.5) is 0 Å². The van der Waals surface area contributed by atoms with Crippen molar-refractivity contribution in [3.63, 3.8) is 0 Å². The zero-order valence-corrected chi connectivity index (χ0v) is 3.27. The third-order valence-electron chi connectivity index (χ3n) is 0.263. The summed E-state index contributed by atoms with van der Waals surface area (Å²) in [5.41, 5.74) is 4.98. The number of nitrogens with two attached hydrogens (primary N) is 1. The van der Waals surface area contributed by atoms with Crippen LogP contribution in [0.2, 0.25) is 0 Å². The topological polar surface area (TPSA) is 45.9 Å². The molecule has 0 aliphatic carbocycles. The van der Waals surface area contributed by atoms with Gasteiger partial charge in [0.05, 0.1) is 6.61 Å². The fraction of sp³-hybridized carbons (Fsp3) is 1.00. The first kappa shape index (κ1) is 4.92. The second-order valence-electron chi connectivity index (χ2n) is 1.14. The van der Waals surface area contributed by atoms with Crippen molar-refractivity contribution in [1.82, 2.24) is 0 Å². The molecule has 0 fully saturated rings. The van der Waals surface area contributed by atoms with Gasteiger partial charge in [-0.25, -0.2) is 5.11 Å². The van der Waals surface area contributed by atoms with Crippen LogP contribution in [0.25, 0.3) is 0 Å². The van der Waals surface area contributed by atoms with E-state index in [1.54, 1.807) is 6.92 Å². The third kappa shape index (κ3) is 3.92. The van der Waals surface area contributed by atoms with E-state index in [-0.39, 0.29) is 12.6 Å². The molecule has 0 rings (SSSR count). The molecule has 5 heavy (non-hydrogen) atoms. The summed E-state index contributed by atoms with van der Waals surface area (Å²) < 4.78 is 0. The maximum atomic E-state index is 9.50. The molecular weight excluding hydrogens is 66.0 g/mol. The van der Waals surface area contributed by atoms with E-state index in [0.717, 1.165) is 0 Å². The molecule has 0 aliphatic heterocycles. The second kappa shape index (κ2) is 2.18. The van der Waals surface area contributed by atoms with Crippen molar-refractivity contribution in [1.29, 1.82) is 0 Å². The Hall–Kier alpha value is -0.0800. The first-order valence-corrected chi connectivity index (χ1v) is 1.61. The van der Waals surface area contributed by atoms with Crippen molar-refractivity contribution in [3.8, 4) is 0 Å². The highest BCUT2D eigenvalue weighted by molar-refractivity contribution is 4.43. The van der Waals surface area contributed by atoms with Crippen molar-refractivity contribution in [2.24, 2.45) is 5.73 Å². The van der Waals surface area contributed by atoms with Gasteiger partial charge in [-0.05, 0) is 6.92 Å². The predicted octanol–water partition coefficient (Wildman–Crippen LogP) is -0.236. The Morgan fingerprint density at radius 1 is 2.00 bits per heavy atom. The van der Waals surface area contributed by atoms with Crippen LogP contribution in [0.15, 0.2) is 0 Å². The lowest BCUT2D eigenvalue weighted by atomic mass is 10.4. The molecule has 2 nitrogen and oxygen atoms in total. The number of hydrogen-bond acceptors (Lipinski definition) is 1. The summed E-state index contributed by atoms with van der Waals surface area (Å²) in [6.45, 7) is 1.52. The van der Waals surface area contributed by atoms with E-state index in [1.165, 1.54) is 0 Å². The fourth-order valence-corrected chi connectivity index (χ4v) is 0. The van der Waals surface area contributed by atoms with Crippen LogP contribution in [0, 0.1) is 0 Å². The van der Waals surface area contributed by atoms with Crippen LogP contribution >= 0.6 is 0 Å². The molecule has 0 aromatic heterocycles. The molecule has 2 N–H and O–H groups in total. The zero-order valence-electron chi connectivity index (χ0n) is 3.27. The molecule has 1 radical (unpaired) electrons. The van der Waals surface area contributed by atoms with Gasteiger partial charge in [-0.15, -0.1) is 0 Å². The smallest absolute Gasteiger partial charge is 0.0970 e. The van der Waals surface area contributed by atoms with Gasteiger partial charge in [-0.2, -0.15) is 0 Å². The minimum atomic E-state index is -0.171. The van der Waals surface area contributed by atoms with Crippen LogP contribution in [0.1, 0.15) is 6.92 Å². The lowest BCUT2D eigenvalue weighted by molar-refractivity contribution is 0.178. The van der Waals surface area contributed by atoms with E-state index in [9.17, 15) is 5.11 Å². The van der Waals surface area contributed by atoms with Gasteiger partial charge in [-0.3, -0.25) is 0 Å². The summed E-state index contributed by atoms with van der Waals surface area (Å²) >= 11 is 0. The average molecular weight is 74.1 g/mol. The maximum absolute atomic E-state index is 9.50. The van der Waals surface area contributed by atoms with Gasteiger partial charge in [0.1, 0.15) is 0 Å². The summed E-state index contributed by atoms with van der Waals surface area (Å²) in [6.07, 6.45) is 0. The fourth-order valence-electron chi connectivity index (χ4n) is 0. The Kier molecular flexibility index (Phi) is 2.14. The molecule has 2 heteroatoms. The average Bonchev–Trinajstić information content (AvgIpc) is 1.38. The first-order valence-electron chi connectivity index (χ1n) is 1.61. The highest BCUT2D eigenvalue weighted by Gasteiger charge is 1.83. The van der Waals surface area contributed by atoms with E-state index in [0.29, 0.717) is 0 Å². The standard InChI is InChI=1S/C3H8NO/c1-3(4)2-5/h3H,2,4H2,1H3. The molecule has 31 valence electrons. The van der Waals surface area contributed by atoms with Crippen molar-refractivity contribution in [3.05, 3.63) is 0 Å². The Morgan fingerprint density at radius 2 is 2.20 bits per heavy atom. The largest absolute Gasteiger partial charge is 0.326 e. The molecule has 0 bridgehead atoms. The van der Waals surface area contributed by atoms with E-state index in [1.807, 2.05) is 0 Å². The molecule has 0 amide bonds. The molecule has 0 aromatic rings. The van der Waals surface area contributed by atoms with Crippen LogP contribution in [0.5, 0.6) is 0 Å². The maximum Gasteiger partial charge on any atom is 0.0970 e. The summed E-state index contributed by atoms with van der Waals surface area (Å²) in [7, 11) is 0. The monoisotopic (exact) mass is 74.1 g/mol. The van der Waals surface area contributed by atoms with Crippen molar-refractivity contribution < 1.29 is 5.11 Å². The van der Waals surface area contributed by atoms with Crippen LogP contribution < -0.4 is 5.73 Å². The molecule has 0 aliphatic rings. The summed E-state index contributed by atoms with van der Waals surface area (Å²) in [4.78, 5) is 0. The van der Waals surface area contributed by atoms with Gasteiger partial charge in [0.15, 0.2) is 0 Å². The molecule has 0 heterocycles. The quantitative estimate of drug-likeness (QED) is 0.458. The molecule has 1 unspecified atom stereocenters. The minimum Gasteiger partial charge on any atom is -0.326 e. The van der Waals surface area contributed by atoms with Gasteiger partial charge in [-0.1, -0.05) is 0 Å². The Balaban J connectivity index is 2.54. The molecule has 0 aromatic carbocycles. The Bertz CT molecular complexity index is 20.9. The Labute approximate surface area is 31.6 Å². The summed E-state index contributed by atoms with van der Waals surface area (Å²) in [5.74, 6) is 0. The Morgan fingerprint density at radius 3 is 2.20 bits per heavy atom. The van der Waals surface area contributed by atoms with Gasteiger partial charge < -0.3 is 5.73 Å². The van der Waals surface area contributed by atoms with Crippen molar-refractivity contribution in [2.45, 2.75) is 13.0 Å². The van der Waals surface area contributed by atoms with E-state index in [4.69, 9.17) is 5.73 Å². The molecule has 0 saturated heterocycles. The van der Waals surface area contributed by atoms with Gasteiger partial charge >= 0.3 is 0 Å². The van der Waals surface area contributed by atoms with E-state index >= 15 is 0 Å². The van der Waals surface area contributed by atoms with Crippen molar-refractivity contribution >= 4 is 0 Å². The minimum absolute atomic E-state index is 0.167. The first-order chi connectivity index (χ1) is 2.27.